The molecule has 1 unspecified atom stereocenters. The average Bonchev–Trinajstić information content (AvgIpc) is 2.82. The first-order valence-electron chi connectivity index (χ1n) is 5.30. The maximum atomic E-state index is 13.2. The van der Waals surface area contributed by atoms with Crippen molar-refractivity contribution in [3.05, 3.63) is 29.9 Å². The molecule has 2 rings (SSSR count). The lowest BCUT2D eigenvalue weighted by Gasteiger charge is -2.01. The van der Waals surface area contributed by atoms with Crippen molar-refractivity contribution in [3.63, 3.8) is 0 Å². The Hall–Kier alpha value is -1.99. The Morgan fingerprint density at radius 2 is 2.22 bits per heavy atom. The van der Waals surface area contributed by atoms with Gasteiger partial charge in [0.1, 0.15) is 0 Å². The zero-order chi connectivity index (χ0) is 13.1. The van der Waals surface area contributed by atoms with E-state index in [0.717, 1.165) is 6.07 Å². The van der Waals surface area contributed by atoms with Crippen LogP contribution in [0, 0.1) is 5.82 Å². The van der Waals surface area contributed by atoms with Gasteiger partial charge in [0.05, 0.1) is 6.04 Å². The van der Waals surface area contributed by atoms with Crippen LogP contribution in [-0.2, 0) is 0 Å². The minimum absolute atomic E-state index is 0.0906. The molecule has 0 aliphatic rings. The number of benzene rings is 1. The average molecular weight is 253 g/mol. The molecule has 0 saturated heterocycles. The molecular weight excluding hydrogens is 241 g/mol. The summed E-state index contributed by atoms with van der Waals surface area (Å²) < 4.78 is 18.1. The molecule has 7 heteroatoms. The number of aromatic nitrogens is 2. The van der Waals surface area contributed by atoms with Crippen LogP contribution in [0.15, 0.2) is 22.7 Å². The molecule has 1 atom stereocenters. The van der Waals surface area contributed by atoms with Crippen LogP contribution in [0.25, 0.3) is 11.4 Å². The molecule has 0 radical (unpaired) electrons. The fraction of sp³-hybridized carbons (Fsp3) is 0.273. The molecule has 0 aliphatic carbocycles. The largest absolute Gasteiger partial charge is 0.505 e. The molecule has 0 fully saturated rings. The Morgan fingerprint density at radius 3 is 2.89 bits per heavy atom. The second-order valence-corrected chi connectivity index (χ2v) is 3.74. The van der Waals surface area contributed by atoms with E-state index in [1.54, 1.807) is 0 Å². The molecular formula is C11H12FN3O3. The second-order valence-electron chi connectivity index (χ2n) is 3.74. The predicted molar refractivity (Wildman–Crippen MR) is 60.0 cm³/mol. The molecule has 18 heavy (non-hydrogen) atoms. The van der Waals surface area contributed by atoms with E-state index in [4.69, 9.17) is 20.5 Å². The van der Waals surface area contributed by atoms with Gasteiger partial charge < -0.3 is 20.5 Å². The summed E-state index contributed by atoms with van der Waals surface area (Å²) in [5.41, 5.74) is 6.05. The fourth-order valence-electron chi connectivity index (χ4n) is 1.41. The number of nitrogens with zero attached hydrogens (tertiary/aromatic N) is 2. The number of aliphatic hydroxyl groups is 1. The van der Waals surface area contributed by atoms with Crippen LogP contribution in [0.3, 0.4) is 0 Å². The van der Waals surface area contributed by atoms with E-state index in [0.29, 0.717) is 12.0 Å². The van der Waals surface area contributed by atoms with Crippen LogP contribution in [0.2, 0.25) is 0 Å². The molecule has 1 aromatic carbocycles. The highest BCUT2D eigenvalue weighted by atomic mass is 19.1. The maximum absolute atomic E-state index is 13.2. The van der Waals surface area contributed by atoms with E-state index >= 15 is 0 Å². The van der Waals surface area contributed by atoms with Crippen molar-refractivity contribution >= 4 is 0 Å². The fourth-order valence-corrected chi connectivity index (χ4v) is 1.41. The maximum Gasteiger partial charge on any atom is 0.243 e. The topological polar surface area (TPSA) is 105 Å². The highest BCUT2D eigenvalue weighted by molar-refractivity contribution is 5.55. The van der Waals surface area contributed by atoms with Crippen molar-refractivity contribution in [2.24, 2.45) is 5.73 Å². The van der Waals surface area contributed by atoms with E-state index in [1.807, 2.05) is 0 Å². The van der Waals surface area contributed by atoms with Gasteiger partial charge in [0.25, 0.3) is 0 Å². The third-order valence-electron chi connectivity index (χ3n) is 2.40. The molecule has 4 N–H and O–H groups in total. The van der Waals surface area contributed by atoms with Crippen LogP contribution >= 0.6 is 0 Å². The van der Waals surface area contributed by atoms with Crippen molar-refractivity contribution in [1.82, 2.24) is 10.1 Å². The minimum atomic E-state index is -0.765. The molecule has 2 aromatic rings. The van der Waals surface area contributed by atoms with Crippen LogP contribution in [0.1, 0.15) is 18.4 Å². The van der Waals surface area contributed by atoms with E-state index in [-0.39, 0.29) is 18.3 Å². The number of hydrogen-bond acceptors (Lipinski definition) is 6. The number of aromatic hydroxyl groups is 1. The molecule has 96 valence electrons. The van der Waals surface area contributed by atoms with E-state index in [9.17, 15) is 4.39 Å². The summed E-state index contributed by atoms with van der Waals surface area (Å²) in [6.45, 7) is -0.0906. The first-order chi connectivity index (χ1) is 8.61. The predicted octanol–water partition coefficient (Wildman–Crippen LogP) is 0.963. The van der Waals surface area contributed by atoms with Crippen LogP contribution in [0.5, 0.6) is 5.75 Å². The first-order valence-corrected chi connectivity index (χ1v) is 5.30. The number of aliphatic hydroxyl groups excluding tert-OH is 1. The van der Waals surface area contributed by atoms with Gasteiger partial charge in [0, 0.05) is 12.2 Å². The molecule has 0 aliphatic heterocycles. The standard InChI is InChI=1S/C11H12FN3O3/c12-7-5-6(1-2-9(7)17)10-14-11(18-15-10)8(13)3-4-16/h1-2,5,8,16-17H,3-4,13H2. The monoisotopic (exact) mass is 253 g/mol. The molecule has 0 bridgehead atoms. The molecule has 0 saturated carbocycles. The van der Waals surface area contributed by atoms with Gasteiger partial charge in [-0.1, -0.05) is 5.16 Å². The lowest BCUT2D eigenvalue weighted by atomic mass is 10.2. The minimum Gasteiger partial charge on any atom is -0.505 e. The summed E-state index contributed by atoms with van der Waals surface area (Å²) in [4.78, 5) is 4.01. The Balaban J connectivity index is 2.26. The van der Waals surface area contributed by atoms with Gasteiger partial charge in [0.15, 0.2) is 11.6 Å². The summed E-state index contributed by atoms with van der Waals surface area (Å²) in [5.74, 6) is -0.859. The number of halogens is 1. The Morgan fingerprint density at radius 1 is 1.44 bits per heavy atom. The van der Waals surface area contributed by atoms with Gasteiger partial charge in [-0.15, -0.1) is 0 Å². The first kappa shape index (κ1) is 12.5. The number of rotatable bonds is 4. The van der Waals surface area contributed by atoms with Gasteiger partial charge in [0.2, 0.25) is 11.7 Å². The Bertz CT molecular complexity index is 544. The normalized spacial score (nSPS) is 12.6. The van der Waals surface area contributed by atoms with Crippen molar-refractivity contribution in [3.8, 4) is 17.1 Å². The Kier molecular flexibility index (Phi) is 3.54. The molecule has 1 heterocycles. The summed E-state index contributed by atoms with van der Waals surface area (Å²) >= 11 is 0. The summed E-state index contributed by atoms with van der Waals surface area (Å²) in [6.07, 6.45) is 0.297. The van der Waals surface area contributed by atoms with Gasteiger partial charge >= 0.3 is 0 Å². The van der Waals surface area contributed by atoms with E-state index in [1.165, 1.54) is 12.1 Å². The number of nitrogens with two attached hydrogens (primary N) is 1. The van der Waals surface area contributed by atoms with Crippen LogP contribution < -0.4 is 5.73 Å². The molecule has 1 aromatic heterocycles. The zero-order valence-corrected chi connectivity index (χ0v) is 9.38. The van der Waals surface area contributed by atoms with Crippen molar-refractivity contribution in [2.45, 2.75) is 12.5 Å². The van der Waals surface area contributed by atoms with Gasteiger partial charge in [-0.3, -0.25) is 0 Å². The Labute approximate surface area is 102 Å². The SMILES string of the molecule is NC(CCO)c1nc(-c2ccc(O)c(F)c2)no1. The summed E-state index contributed by atoms with van der Waals surface area (Å²) in [6, 6.07) is 3.21. The van der Waals surface area contributed by atoms with Crippen molar-refractivity contribution < 1.29 is 19.1 Å². The van der Waals surface area contributed by atoms with Gasteiger partial charge in [-0.2, -0.15) is 4.98 Å². The smallest absolute Gasteiger partial charge is 0.243 e. The summed E-state index contributed by atoms with van der Waals surface area (Å²) in [5, 5.41) is 21.5. The summed E-state index contributed by atoms with van der Waals surface area (Å²) in [7, 11) is 0. The molecule has 0 amide bonds. The van der Waals surface area contributed by atoms with Crippen LogP contribution in [-0.4, -0.2) is 27.0 Å². The van der Waals surface area contributed by atoms with Crippen molar-refractivity contribution in [2.75, 3.05) is 6.61 Å². The highest BCUT2D eigenvalue weighted by Crippen LogP contribution is 2.23. The van der Waals surface area contributed by atoms with E-state index < -0.39 is 17.6 Å². The third-order valence-corrected chi connectivity index (χ3v) is 2.40. The zero-order valence-electron chi connectivity index (χ0n) is 9.38. The number of phenols is 1. The lowest BCUT2D eigenvalue weighted by Crippen LogP contribution is -2.12. The van der Waals surface area contributed by atoms with Gasteiger partial charge in [-0.25, -0.2) is 4.39 Å². The molecule has 6 nitrogen and oxygen atoms in total. The molecule has 0 spiro atoms. The quantitative estimate of drug-likeness (QED) is 0.749. The second kappa shape index (κ2) is 5.11. The van der Waals surface area contributed by atoms with E-state index in [2.05, 4.69) is 10.1 Å². The lowest BCUT2D eigenvalue weighted by molar-refractivity contribution is 0.259. The van der Waals surface area contributed by atoms with Crippen LogP contribution in [0.4, 0.5) is 4.39 Å². The van der Waals surface area contributed by atoms with Crippen molar-refractivity contribution in [1.29, 1.82) is 0 Å². The number of phenolic OH excluding ortho intramolecular Hbond substituents is 1. The third kappa shape index (κ3) is 2.47. The van der Waals surface area contributed by atoms with Gasteiger partial charge in [-0.05, 0) is 24.6 Å². The highest BCUT2D eigenvalue weighted by Gasteiger charge is 2.16. The number of hydrogen-bond donors (Lipinski definition) is 3.